The summed E-state index contributed by atoms with van der Waals surface area (Å²) in [7, 11) is 0. The molecule has 0 aromatic carbocycles. The topological polar surface area (TPSA) is 45.2 Å². The summed E-state index contributed by atoms with van der Waals surface area (Å²) in [6, 6.07) is 6.41. The molecular formula is C17H27N3OS. The van der Waals surface area contributed by atoms with Crippen molar-refractivity contribution in [2.24, 2.45) is 0 Å². The highest BCUT2D eigenvalue weighted by Crippen LogP contribution is 2.16. The highest BCUT2D eigenvalue weighted by molar-refractivity contribution is 7.98. The number of hydrogen-bond donors (Lipinski definition) is 1. The number of nitrogens with one attached hydrogen (secondary N) is 1. The van der Waals surface area contributed by atoms with Crippen LogP contribution >= 0.6 is 11.8 Å². The van der Waals surface area contributed by atoms with E-state index in [2.05, 4.69) is 22.1 Å². The van der Waals surface area contributed by atoms with Crippen LogP contribution < -0.4 is 5.32 Å². The highest BCUT2D eigenvalue weighted by atomic mass is 32.2. The lowest BCUT2D eigenvalue weighted by Crippen LogP contribution is -2.46. The first-order chi connectivity index (χ1) is 10.8. The Balaban J connectivity index is 1.73. The summed E-state index contributed by atoms with van der Waals surface area (Å²) in [4.78, 5) is 19.0. The zero-order valence-corrected chi connectivity index (χ0v) is 14.3. The third kappa shape index (κ3) is 5.61. The number of pyridine rings is 1. The van der Waals surface area contributed by atoms with E-state index in [0.717, 1.165) is 56.1 Å². The average molecular weight is 321 g/mol. The van der Waals surface area contributed by atoms with Gasteiger partial charge in [-0.15, -0.1) is 0 Å². The number of hydrogen-bond acceptors (Lipinski definition) is 4. The number of amides is 1. The first-order valence-electron chi connectivity index (χ1n) is 8.29. The summed E-state index contributed by atoms with van der Waals surface area (Å²) >= 11 is 1.79. The van der Waals surface area contributed by atoms with E-state index in [9.17, 15) is 4.79 Å². The third-order valence-electron chi connectivity index (χ3n) is 3.97. The van der Waals surface area contributed by atoms with Gasteiger partial charge in [0.15, 0.2) is 0 Å². The van der Waals surface area contributed by atoms with Crippen molar-refractivity contribution in [3.05, 3.63) is 30.1 Å². The van der Waals surface area contributed by atoms with Crippen LogP contribution in [0.5, 0.6) is 0 Å². The van der Waals surface area contributed by atoms with E-state index in [1.807, 2.05) is 24.4 Å². The van der Waals surface area contributed by atoms with Gasteiger partial charge in [-0.25, -0.2) is 0 Å². The molecule has 122 valence electrons. The SMILES string of the molecule is CCCN(C(=O)CCSCc1ccccn1)C1CCNCC1. The molecule has 1 aromatic heterocycles. The van der Waals surface area contributed by atoms with Crippen molar-refractivity contribution in [1.82, 2.24) is 15.2 Å². The molecule has 0 radical (unpaired) electrons. The summed E-state index contributed by atoms with van der Waals surface area (Å²) in [5.41, 5.74) is 1.09. The summed E-state index contributed by atoms with van der Waals surface area (Å²) in [6.07, 6.45) is 5.68. The summed E-state index contributed by atoms with van der Waals surface area (Å²) in [5.74, 6) is 2.08. The van der Waals surface area contributed by atoms with E-state index in [4.69, 9.17) is 0 Å². The Bertz CT molecular complexity index is 435. The number of thioether (sulfide) groups is 1. The number of piperidine rings is 1. The predicted octanol–water partition coefficient (Wildman–Crippen LogP) is 2.70. The number of rotatable bonds is 8. The number of carbonyl (C=O) groups is 1. The van der Waals surface area contributed by atoms with Gasteiger partial charge in [-0.1, -0.05) is 13.0 Å². The second kappa shape index (κ2) is 9.85. The molecule has 1 aromatic rings. The van der Waals surface area contributed by atoms with Crippen LogP contribution in [0.15, 0.2) is 24.4 Å². The van der Waals surface area contributed by atoms with Crippen molar-refractivity contribution in [1.29, 1.82) is 0 Å². The fourth-order valence-corrected chi connectivity index (χ4v) is 3.68. The summed E-state index contributed by atoms with van der Waals surface area (Å²) in [5, 5.41) is 3.37. The van der Waals surface area contributed by atoms with E-state index in [0.29, 0.717) is 18.4 Å². The third-order valence-corrected chi connectivity index (χ3v) is 4.96. The summed E-state index contributed by atoms with van der Waals surface area (Å²) in [6.45, 7) is 5.12. The molecule has 2 heterocycles. The van der Waals surface area contributed by atoms with Gasteiger partial charge in [0.1, 0.15) is 0 Å². The lowest BCUT2D eigenvalue weighted by molar-refractivity contribution is -0.133. The van der Waals surface area contributed by atoms with E-state index in [1.54, 1.807) is 11.8 Å². The van der Waals surface area contributed by atoms with E-state index in [-0.39, 0.29) is 0 Å². The normalized spacial score (nSPS) is 15.7. The maximum atomic E-state index is 12.5. The lowest BCUT2D eigenvalue weighted by atomic mass is 10.0. The van der Waals surface area contributed by atoms with Crippen LogP contribution in [0.3, 0.4) is 0 Å². The Morgan fingerprint density at radius 3 is 2.91 bits per heavy atom. The van der Waals surface area contributed by atoms with Gasteiger partial charge in [0.05, 0.1) is 5.69 Å². The van der Waals surface area contributed by atoms with Crippen molar-refractivity contribution in [2.75, 3.05) is 25.4 Å². The van der Waals surface area contributed by atoms with Crippen molar-refractivity contribution in [2.45, 2.75) is 44.4 Å². The maximum Gasteiger partial charge on any atom is 0.223 e. The van der Waals surface area contributed by atoms with Crippen molar-refractivity contribution in [3.8, 4) is 0 Å². The van der Waals surface area contributed by atoms with Crippen LogP contribution in [0.4, 0.5) is 0 Å². The van der Waals surface area contributed by atoms with Gasteiger partial charge < -0.3 is 10.2 Å². The molecule has 1 N–H and O–H groups in total. The van der Waals surface area contributed by atoms with E-state index < -0.39 is 0 Å². The van der Waals surface area contributed by atoms with Gasteiger partial charge in [0, 0.05) is 36.7 Å². The Kier molecular flexibility index (Phi) is 7.74. The van der Waals surface area contributed by atoms with Crippen LogP contribution in [-0.4, -0.2) is 47.2 Å². The predicted molar refractivity (Wildman–Crippen MR) is 92.9 cm³/mol. The minimum Gasteiger partial charge on any atom is -0.340 e. The number of nitrogens with zero attached hydrogens (tertiary/aromatic N) is 2. The van der Waals surface area contributed by atoms with Gasteiger partial charge in [-0.2, -0.15) is 11.8 Å². The molecular weight excluding hydrogens is 294 g/mol. The zero-order valence-electron chi connectivity index (χ0n) is 13.5. The van der Waals surface area contributed by atoms with Gasteiger partial charge in [-0.05, 0) is 44.5 Å². The maximum absolute atomic E-state index is 12.5. The Morgan fingerprint density at radius 2 is 2.23 bits per heavy atom. The smallest absolute Gasteiger partial charge is 0.223 e. The Hall–Kier alpha value is -1.07. The first-order valence-corrected chi connectivity index (χ1v) is 9.44. The Labute approximate surface area is 138 Å². The monoisotopic (exact) mass is 321 g/mol. The molecule has 1 amide bonds. The molecule has 0 aliphatic carbocycles. The highest BCUT2D eigenvalue weighted by Gasteiger charge is 2.24. The molecule has 22 heavy (non-hydrogen) atoms. The standard InChI is InChI=1S/C17H27N3OS/c1-2-12-20(16-6-10-18-11-7-16)17(21)8-13-22-14-15-5-3-4-9-19-15/h3-5,9,16,18H,2,6-8,10-14H2,1H3. The molecule has 0 bridgehead atoms. The second-order valence-electron chi connectivity index (χ2n) is 5.69. The van der Waals surface area contributed by atoms with Gasteiger partial charge >= 0.3 is 0 Å². The fourth-order valence-electron chi connectivity index (χ4n) is 2.83. The average Bonchev–Trinajstić information content (AvgIpc) is 2.58. The molecule has 1 aliphatic rings. The first kappa shape index (κ1) is 17.3. The van der Waals surface area contributed by atoms with Crippen LogP contribution in [-0.2, 0) is 10.5 Å². The quantitative estimate of drug-likeness (QED) is 0.748. The molecule has 4 nitrogen and oxygen atoms in total. The van der Waals surface area contributed by atoms with Gasteiger partial charge in [0.25, 0.3) is 0 Å². The molecule has 2 rings (SSSR count). The minimum atomic E-state index is 0.322. The molecule has 0 unspecified atom stereocenters. The van der Waals surface area contributed by atoms with Crippen LogP contribution in [0, 0.1) is 0 Å². The molecule has 0 spiro atoms. The van der Waals surface area contributed by atoms with Gasteiger partial charge in [-0.3, -0.25) is 9.78 Å². The zero-order chi connectivity index (χ0) is 15.6. The lowest BCUT2D eigenvalue weighted by Gasteiger charge is -2.34. The van der Waals surface area contributed by atoms with Crippen LogP contribution in [0.1, 0.15) is 38.3 Å². The summed E-state index contributed by atoms with van der Waals surface area (Å²) < 4.78 is 0. The largest absolute Gasteiger partial charge is 0.340 e. The fraction of sp³-hybridized carbons (Fsp3) is 0.647. The number of aromatic nitrogens is 1. The number of carbonyl (C=O) groups excluding carboxylic acids is 1. The van der Waals surface area contributed by atoms with Crippen LogP contribution in [0.2, 0.25) is 0 Å². The molecule has 0 saturated carbocycles. The van der Waals surface area contributed by atoms with Crippen LogP contribution in [0.25, 0.3) is 0 Å². The van der Waals surface area contributed by atoms with E-state index in [1.165, 1.54) is 0 Å². The van der Waals surface area contributed by atoms with Crippen molar-refractivity contribution < 1.29 is 4.79 Å². The molecule has 1 aliphatic heterocycles. The molecule has 5 heteroatoms. The van der Waals surface area contributed by atoms with Crippen molar-refractivity contribution >= 4 is 17.7 Å². The van der Waals surface area contributed by atoms with Crippen molar-refractivity contribution in [3.63, 3.8) is 0 Å². The molecule has 1 saturated heterocycles. The van der Waals surface area contributed by atoms with Gasteiger partial charge in [0.2, 0.25) is 5.91 Å². The molecule has 1 fully saturated rings. The second-order valence-corrected chi connectivity index (χ2v) is 6.80. The Morgan fingerprint density at radius 1 is 1.41 bits per heavy atom. The molecule has 0 atom stereocenters. The van der Waals surface area contributed by atoms with E-state index >= 15 is 0 Å². The minimum absolute atomic E-state index is 0.322.